The number of pyridine rings is 1. The summed E-state index contributed by atoms with van der Waals surface area (Å²) < 4.78 is 5.12. The molecule has 0 atom stereocenters. The van der Waals surface area contributed by atoms with E-state index in [0.29, 0.717) is 29.7 Å². The summed E-state index contributed by atoms with van der Waals surface area (Å²) in [6.45, 7) is 4.43. The second-order valence-corrected chi connectivity index (χ2v) is 5.88. The number of anilines is 2. The van der Waals surface area contributed by atoms with Crippen LogP contribution in [-0.2, 0) is 4.74 Å². The van der Waals surface area contributed by atoms with Gasteiger partial charge in [0.2, 0.25) is 0 Å². The van der Waals surface area contributed by atoms with Gasteiger partial charge in [0.15, 0.2) is 0 Å². The van der Waals surface area contributed by atoms with E-state index in [4.69, 9.17) is 10.5 Å². The molecule has 0 spiro atoms. The number of hydrogen-bond acceptors (Lipinski definition) is 5. The van der Waals surface area contributed by atoms with Crippen LogP contribution < -0.4 is 10.6 Å². The molecular formula is C16H25N3O2. The molecule has 0 radical (unpaired) electrons. The number of hydrogen-bond donors (Lipinski definition) is 1. The van der Waals surface area contributed by atoms with Gasteiger partial charge in [-0.3, -0.25) is 0 Å². The molecule has 2 N–H and O–H groups in total. The van der Waals surface area contributed by atoms with Crippen LogP contribution in [0.1, 0.15) is 49.9 Å². The molecular weight excluding hydrogens is 266 g/mol. The third-order valence-electron chi connectivity index (χ3n) is 4.25. The summed E-state index contributed by atoms with van der Waals surface area (Å²) in [6.07, 6.45) is 6.30. The molecule has 0 unspecified atom stereocenters. The van der Waals surface area contributed by atoms with Crippen molar-refractivity contribution >= 4 is 17.5 Å². The average molecular weight is 291 g/mol. The van der Waals surface area contributed by atoms with Gasteiger partial charge in [0.05, 0.1) is 18.5 Å². The van der Waals surface area contributed by atoms with Crippen LogP contribution in [0.5, 0.6) is 0 Å². The van der Waals surface area contributed by atoms with Crippen molar-refractivity contribution in [3.05, 3.63) is 17.8 Å². The molecule has 1 aromatic heterocycles. The Hall–Kier alpha value is -1.78. The third kappa shape index (κ3) is 3.65. The van der Waals surface area contributed by atoms with Crippen LogP contribution in [0.4, 0.5) is 11.5 Å². The van der Waals surface area contributed by atoms with Crippen molar-refractivity contribution in [2.75, 3.05) is 24.3 Å². The molecule has 1 fully saturated rings. The molecule has 1 heterocycles. The maximum atomic E-state index is 12.1. The minimum absolute atomic E-state index is 0.345. The number of nitrogen functional groups attached to an aromatic ring is 1. The van der Waals surface area contributed by atoms with Gasteiger partial charge in [-0.15, -0.1) is 0 Å². The second-order valence-electron chi connectivity index (χ2n) is 5.88. The number of nitrogens with zero attached hydrogens (tertiary/aromatic N) is 2. The van der Waals surface area contributed by atoms with E-state index in [1.807, 2.05) is 7.05 Å². The molecule has 0 amide bonds. The van der Waals surface area contributed by atoms with Gasteiger partial charge in [0.1, 0.15) is 11.4 Å². The van der Waals surface area contributed by atoms with Gasteiger partial charge in [0.25, 0.3) is 0 Å². The maximum absolute atomic E-state index is 12.1. The lowest BCUT2D eigenvalue weighted by molar-refractivity contribution is 0.0526. The number of ether oxygens (including phenoxy) is 1. The molecule has 1 aromatic rings. The highest BCUT2D eigenvalue weighted by Crippen LogP contribution is 2.30. The first-order valence-electron chi connectivity index (χ1n) is 7.68. The fourth-order valence-corrected chi connectivity index (χ4v) is 2.92. The smallest absolute Gasteiger partial charge is 0.341 e. The fraction of sp³-hybridized carbons (Fsp3) is 0.625. The van der Waals surface area contributed by atoms with E-state index < -0.39 is 0 Å². The van der Waals surface area contributed by atoms with Gasteiger partial charge in [-0.1, -0.05) is 6.92 Å². The second kappa shape index (κ2) is 6.78. The first-order chi connectivity index (χ1) is 10.0. The zero-order chi connectivity index (χ0) is 15.4. The summed E-state index contributed by atoms with van der Waals surface area (Å²) in [5.41, 5.74) is 6.71. The standard InChI is InChI=1S/C16H25N3O2/c1-4-21-16(20)14-9-12(17)10-18-15(14)19(3)13-7-5-11(2)6-8-13/h9-11,13H,4-8,17H2,1-3H3. The molecule has 1 aliphatic rings. The quantitative estimate of drug-likeness (QED) is 0.864. The van der Waals surface area contributed by atoms with Gasteiger partial charge < -0.3 is 15.4 Å². The van der Waals surface area contributed by atoms with Crippen LogP contribution in [0, 0.1) is 5.92 Å². The number of carbonyl (C=O) groups is 1. The zero-order valence-corrected chi connectivity index (χ0v) is 13.1. The van der Waals surface area contributed by atoms with Crippen LogP contribution in [0.15, 0.2) is 12.3 Å². The number of carbonyl (C=O) groups excluding carboxylic acids is 1. The maximum Gasteiger partial charge on any atom is 0.341 e. The summed E-state index contributed by atoms with van der Waals surface area (Å²) in [6, 6.07) is 2.08. The fourth-order valence-electron chi connectivity index (χ4n) is 2.92. The highest BCUT2D eigenvalue weighted by atomic mass is 16.5. The molecule has 0 aliphatic heterocycles. The lowest BCUT2D eigenvalue weighted by Gasteiger charge is -2.35. The summed E-state index contributed by atoms with van der Waals surface area (Å²) in [5, 5.41) is 0. The van der Waals surface area contributed by atoms with Crippen molar-refractivity contribution < 1.29 is 9.53 Å². The topological polar surface area (TPSA) is 68.5 Å². The Morgan fingerprint density at radius 2 is 2.10 bits per heavy atom. The predicted molar refractivity (Wildman–Crippen MR) is 84.4 cm³/mol. The Labute approximate surface area is 126 Å². The lowest BCUT2D eigenvalue weighted by Crippen LogP contribution is -2.36. The SMILES string of the molecule is CCOC(=O)c1cc(N)cnc1N(C)C1CCC(C)CC1. The van der Waals surface area contributed by atoms with Crippen molar-refractivity contribution in [2.45, 2.75) is 45.6 Å². The van der Waals surface area contributed by atoms with Crippen molar-refractivity contribution in [3.8, 4) is 0 Å². The van der Waals surface area contributed by atoms with Crippen LogP contribution >= 0.6 is 0 Å². The molecule has 0 aromatic carbocycles. The van der Waals surface area contributed by atoms with Crippen LogP contribution in [0.2, 0.25) is 0 Å². The van der Waals surface area contributed by atoms with E-state index in [-0.39, 0.29) is 5.97 Å². The molecule has 116 valence electrons. The summed E-state index contributed by atoms with van der Waals surface area (Å²) >= 11 is 0. The van der Waals surface area contributed by atoms with E-state index in [1.54, 1.807) is 19.2 Å². The van der Waals surface area contributed by atoms with Crippen molar-refractivity contribution in [1.82, 2.24) is 4.98 Å². The molecule has 21 heavy (non-hydrogen) atoms. The van der Waals surface area contributed by atoms with Crippen molar-refractivity contribution in [1.29, 1.82) is 0 Å². The van der Waals surface area contributed by atoms with E-state index >= 15 is 0 Å². The van der Waals surface area contributed by atoms with E-state index in [0.717, 1.165) is 18.8 Å². The Morgan fingerprint density at radius 3 is 2.71 bits per heavy atom. The van der Waals surface area contributed by atoms with Gasteiger partial charge in [-0.25, -0.2) is 9.78 Å². The molecule has 5 heteroatoms. The summed E-state index contributed by atoms with van der Waals surface area (Å²) in [4.78, 5) is 18.6. The highest BCUT2D eigenvalue weighted by Gasteiger charge is 2.26. The zero-order valence-electron chi connectivity index (χ0n) is 13.1. The monoisotopic (exact) mass is 291 g/mol. The Kier molecular flexibility index (Phi) is 5.04. The first-order valence-corrected chi connectivity index (χ1v) is 7.68. The molecule has 2 rings (SSSR count). The van der Waals surface area contributed by atoms with E-state index in [9.17, 15) is 4.79 Å². The molecule has 1 saturated carbocycles. The normalized spacial score (nSPS) is 21.9. The molecule has 0 bridgehead atoms. The Morgan fingerprint density at radius 1 is 1.43 bits per heavy atom. The van der Waals surface area contributed by atoms with Gasteiger partial charge >= 0.3 is 5.97 Å². The molecule has 1 aliphatic carbocycles. The highest BCUT2D eigenvalue weighted by molar-refractivity contribution is 5.95. The van der Waals surface area contributed by atoms with Gasteiger partial charge in [0, 0.05) is 13.1 Å². The number of aromatic nitrogens is 1. The summed E-state index contributed by atoms with van der Waals surface area (Å²) in [7, 11) is 2.00. The Bertz CT molecular complexity index is 496. The largest absolute Gasteiger partial charge is 0.462 e. The van der Waals surface area contributed by atoms with Gasteiger partial charge in [-0.2, -0.15) is 0 Å². The molecule has 5 nitrogen and oxygen atoms in total. The number of esters is 1. The van der Waals surface area contributed by atoms with Crippen LogP contribution in [-0.4, -0.2) is 30.6 Å². The minimum atomic E-state index is -0.358. The summed E-state index contributed by atoms with van der Waals surface area (Å²) in [5.74, 6) is 1.10. The average Bonchev–Trinajstić information content (AvgIpc) is 2.47. The first kappa shape index (κ1) is 15.6. The van der Waals surface area contributed by atoms with Crippen molar-refractivity contribution in [2.24, 2.45) is 5.92 Å². The minimum Gasteiger partial charge on any atom is -0.462 e. The van der Waals surface area contributed by atoms with Crippen LogP contribution in [0.3, 0.4) is 0 Å². The lowest BCUT2D eigenvalue weighted by atomic mass is 9.86. The molecule has 0 saturated heterocycles. The van der Waals surface area contributed by atoms with Crippen LogP contribution in [0.25, 0.3) is 0 Å². The number of nitrogens with two attached hydrogens (primary N) is 1. The van der Waals surface area contributed by atoms with Crippen molar-refractivity contribution in [3.63, 3.8) is 0 Å². The number of rotatable bonds is 4. The van der Waals surface area contributed by atoms with E-state index in [1.165, 1.54) is 12.8 Å². The van der Waals surface area contributed by atoms with Gasteiger partial charge in [-0.05, 0) is 44.6 Å². The predicted octanol–water partition coefficient (Wildman–Crippen LogP) is 2.86. The third-order valence-corrected chi connectivity index (χ3v) is 4.25. The Balaban J connectivity index is 2.23. The van der Waals surface area contributed by atoms with E-state index in [2.05, 4.69) is 16.8 Å².